The van der Waals surface area contributed by atoms with E-state index in [1.54, 1.807) is 12.1 Å². The molecule has 1 fully saturated rings. The Morgan fingerprint density at radius 2 is 1.80 bits per heavy atom. The summed E-state index contributed by atoms with van der Waals surface area (Å²) in [5, 5.41) is 12.9. The zero-order chi connectivity index (χ0) is 13.8. The maximum atomic E-state index is 9.33. The minimum Gasteiger partial charge on any atom is -0.508 e. The van der Waals surface area contributed by atoms with Crippen molar-refractivity contribution in [3.05, 3.63) is 65.7 Å². The van der Waals surface area contributed by atoms with Gasteiger partial charge in [0, 0.05) is 32.2 Å². The van der Waals surface area contributed by atoms with Crippen LogP contribution in [0.5, 0.6) is 5.75 Å². The van der Waals surface area contributed by atoms with Crippen LogP contribution in [-0.2, 0) is 6.54 Å². The standard InChI is InChI=1S/C17H20N2O/c20-16-8-6-14(7-9-16)12-19-11-10-18-17(13-19)15-4-2-1-3-5-15/h1-9,17-18,20H,10-13H2. The lowest BCUT2D eigenvalue weighted by Gasteiger charge is -2.34. The maximum Gasteiger partial charge on any atom is 0.115 e. The van der Waals surface area contributed by atoms with Gasteiger partial charge in [0.2, 0.25) is 0 Å². The number of rotatable bonds is 3. The molecular weight excluding hydrogens is 248 g/mol. The first-order chi connectivity index (χ1) is 9.81. The maximum absolute atomic E-state index is 9.33. The Kier molecular flexibility index (Phi) is 4.00. The highest BCUT2D eigenvalue weighted by molar-refractivity contribution is 5.26. The molecule has 1 atom stereocenters. The van der Waals surface area contributed by atoms with E-state index in [2.05, 4.69) is 40.5 Å². The van der Waals surface area contributed by atoms with Crippen LogP contribution in [0.2, 0.25) is 0 Å². The van der Waals surface area contributed by atoms with Crippen LogP contribution in [0.15, 0.2) is 54.6 Å². The summed E-state index contributed by atoms with van der Waals surface area (Å²) in [6, 6.07) is 18.5. The second kappa shape index (κ2) is 6.07. The zero-order valence-electron chi connectivity index (χ0n) is 11.5. The summed E-state index contributed by atoms with van der Waals surface area (Å²) in [7, 11) is 0. The van der Waals surface area contributed by atoms with Crippen molar-refractivity contribution in [2.45, 2.75) is 12.6 Å². The van der Waals surface area contributed by atoms with Gasteiger partial charge in [-0.15, -0.1) is 0 Å². The molecule has 0 spiro atoms. The lowest BCUT2D eigenvalue weighted by Crippen LogP contribution is -2.45. The largest absolute Gasteiger partial charge is 0.508 e. The average Bonchev–Trinajstić information content (AvgIpc) is 2.51. The van der Waals surface area contributed by atoms with Gasteiger partial charge in [-0.25, -0.2) is 0 Å². The molecule has 20 heavy (non-hydrogen) atoms. The van der Waals surface area contributed by atoms with E-state index in [9.17, 15) is 5.11 Å². The van der Waals surface area contributed by atoms with Gasteiger partial charge in [-0.05, 0) is 23.3 Å². The number of nitrogens with one attached hydrogen (secondary N) is 1. The first-order valence-corrected chi connectivity index (χ1v) is 7.10. The fourth-order valence-electron chi connectivity index (χ4n) is 2.72. The summed E-state index contributed by atoms with van der Waals surface area (Å²) < 4.78 is 0. The first kappa shape index (κ1) is 13.2. The van der Waals surface area contributed by atoms with Gasteiger partial charge in [0.1, 0.15) is 5.75 Å². The predicted molar refractivity (Wildman–Crippen MR) is 80.6 cm³/mol. The van der Waals surface area contributed by atoms with Crippen molar-refractivity contribution >= 4 is 0 Å². The van der Waals surface area contributed by atoms with Crippen molar-refractivity contribution in [1.29, 1.82) is 0 Å². The molecule has 0 aromatic heterocycles. The van der Waals surface area contributed by atoms with Crippen LogP contribution in [0.4, 0.5) is 0 Å². The Labute approximate surface area is 119 Å². The number of benzene rings is 2. The Morgan fingerprint density at radius 3 is 2.55 bits per heavy atom. The quantitative estimate of drug-likeness (QED) is 0.898. The van der Waals surface area contributed by atoms with Crippen LogP contribution in [0.25, 0.3) is 0 Å². The van der Waals surface area contributed by atoms with Crippen LogP contribution in [0, 0.1) is 0 Å². The second-order valence-corrected chi connectivity index (χ2v) is 5.32. The Balaban J connectivity index is 1.65. The van der Waals surface area contributed by atoms with E-state index in [1.807, 2.05) is 12.1 Å². The summed E-state index contributed by atoms with van der Waals surface area (Å²) in [6.45, 7) is 4.03. The van der Waals surface area contributed by atoms with Crippen LogP contribution in [0.1, 0.15) is 17.2 Å². The van der Waals surface area contributed by atoms with Gasteiger partial charge in [0.05, 0.1) is 0 Å². The second-order valence-electron chi connectivity index (χ2n) is 5.32. The summed E-state index contributed by atoms with van der Waals surface area (Å²) in [5.74, 6) is 0.330. The summed E-state index contributed by atoms with van der Waals surface area (Å²) in [6.07, 6.45) is 0. The number of aromatic hydroxyl groups is 1. The molecule has 2 aromatic rings. The van der Waals surface area contributed by atoms with Gasteiger partial charge in [-0.1, -0.05) is 42.5 Å². The van der Waals surface area contributed by atoms with E-state index in [0.717, 1.165) is 26.2 Å². The summed E-state index contributed by atoms with van der Waals surface area (Å²) >= 11 is 0. The van der Waals surface area contributed by atoms with Crippen molar-refractivity contribution in [3.63, 3.8) is 0 Å². The van der Waals surface area contributed by atoms with Gasteiger partial charge in [-0.3, -0.25) is 4.90 Å². The molecule has 1 aliphatic heterocycles. The predicted octanol–water partition coefficient (Wildman–Crippen LogP) is 2.54. The Morgan fingerprint density at radius 1 is 1.05 bits per heavy atom. The van der Waals surface area contributed by atoms with Crippen molar-refractivity contribution in [2.75, 3.05) is 19.6 Å². The molecule has 0 bridgehead atoms. The topological polar surface area (TPSA) is 35.5 Å². The molecule has 1 aliphatic rings. The number of phenols is 1. The van der Waals surface area contributed by atoms with E-state index < -0.39 is 0 Å². The molecular formula is C17H20N2O. The first-order valence-electron chi connectivity index (χ1n) is 7.10. The highest BCUT2D eigenvalue weighted by atomic mass is 16.3. The third kappa shape index (κ3) is 3.18. The molecule has 3 nitrogen and oxygen atoms in total. The monoisotopic (exact) mass is 268 g/mol. The molecule has 1 saturated heterocycles. The number of piperazine rings is 1. The van der Waals surface area contributed by atoms with Crippen LogP contribution >= 0.6 is 0 Å². The minimum atomic E-state index is 0.330. The van der Waals surface area contributed by atoms with Crippen LogP contribution in [-0.4, -0.2) is 29.6 Å². The van der Waals surface area contributed by atoms with E-state index in [0.29, 0.717) is 11.8 Å². The molecule has 2 aromatic carbocycles. The van der Waals surface area contributed by atoms with Crippen molar-refractivity contribution in [1.82, 2.24) is 10.2 Å². The van der Waals surface area contributed by atoms with E-state index in [4.69, 9.17) is 0 Å². The smallest absolute Gasteiger partial charge is 0.115 e. The highest BCUT2D eigenvalue weighted by Gasteiger charge is 2.20. The molecule has 1 heterocycles. The van der Waals surface area contributed by atoms with E-state index in [-0.39, 0.29) is 0 Å². The SMILES string of the molecule is Oc1ccc(CN2CCNC(c3ccccc3)C2)cc1. The van der Waals surface area contributed by atoms with E-state index >= 15 is 0 Å². The van der Waals surface area contributed by atoms with Crippen molar-refractivity contribution < 1.29 is 5.11 Å². The zero-order valence-corrected chi connectivity index (χ0v) is 11.5. The van der Waals surface area contributed by atoms with Crippen molar-refractivity contribution in [3.8, 4) is 5.75 Å². The molecule has 1 unspecified atom stereocenters. The third-order valence-corrected chi connectivity index (χ3v) is 3.80. The fraction of sp³-hybridized carbons (Fsp3) is 0.294. The van der Waals surface area contributed by atoms with Gasteiger partial charge < -0.3 is 10.4 Å². The van der Waals surface area contributed by atoms with Crippen LogP contribution < -0.4 is 5.32 Å². The number of nitrogens with zero attached hydrogens (tertiary/aromatic N) is 1. The van der Waals surface area contributed by atoms with Gasteiger partial charge >= 0.3 is 0 Å². The summed E-state index contributed by atoms with van der Waals surface area (Å²) in [5.41, 5.74) is 2.60. The Bertz CT molecular complexity index is 539. The number of hydrogen-bond acceptors (Lipinski definition) is 3. The van der Waals surface area contributed by atoms with Gasteiger partial charge in [0.25, 0.3) is 0 Å². The molecule has 104 valence electrons. The average molecular weight is 268 g/mol. The highest BCUT2D eigenvalue weighted by Crippen LogP contribution is 2.19. The normalized spacial score (nSPS) is 19.9. The molecule has 3 rings (SSSR count). The fourth-order valence-corrected chi connectivity index (χ4v) is 2.72. The lowest BCUT2D eigenvalue weighted by atomic mass is 10.0. The number of phenolic OH excluding ortho intramolecular Hbond substituents is 1. The molecule has 2 N–H and O–H groups in total. The van der Waals surface area contributed by atoms with Crippen molar-refractivity contribution in [2.24, 2.45) is 0 Å². The molecule has 0 amide bonds. The van der Waals surface area contributed by atoms with Crippen LogP contribution in [0.3, 0.4) is 0 Å². The van der Waals surface area contributed by atoms with Gasteiger partial charge in [0.15, 0.2) is 0 Å². The molecule has 0 saturated carbocycles. The minimum absolute atomic E-state index is 0.330. The lowest BCUT2D eigenvalue weighted by molar-refractivity contribution is 0.193. The molecule has 0 aliphatic carbocycles. The third-order valence-electron chi connectivity index (χ3n) is 3.80. The number of hydrogen-bond donors (Lipinski definition) is 2. The summed E-state index contributed by atoms with van der Waals surface area (Å²) in [4.78, 5) is 2.46. The molecule has 0 radical (unpaired) electrons. The Hall–Kier alpha value is -1.84. The van der Waals surface area contributed by atoms with E-state index in [1.165, 1.54) is 11.1 Å². The van der Waals surface area contributed by atoms with Gasteiger partial charge in [-0.2, -0.15) is 0 Å². The molecule has 3 heteroatoms.